The molecule has 1 aliphatic heterocycles. The van der Waals surface area contributed by atoms with Crippen LogP contribution in [0.2, 0.25) is 0 Å². The van der Waals surface area contributed by atoms with Crippen LogP contribution in [0.25, 0.3) is 0 Å². The van der Waals surface area contributed by atoms with E-state index in [1.165, 1.54) is 38.6 Å². The summed E-state index contributed by atoms with van der Waals surface area (Å²) in [6.07, 6.45) is 6.77. The summed E-state index contributed by atoms with van der Waals surface area (Å²) < 4.78 is 0. The third-order valence-corrected chi connectivity index (χ3v) is 2.74. The molecule has 0 spiro atoms. The minimum absolute atomic E-state index is 0.536. The molecule has 74 valence electrons. The molecule has 0 amide bonds. The first-order chi connectivity index (χ1) is 5.83. The van der Waals surface area contributed by atoms with Crippen LogP contribution in [0.3, 0.4) is 0 Å². The minimum atomic E-state index is 0.536. The highest BCUT2D eigenvalue weighted by Gasteiger charge is 2.29. The van der Waals surface area contributed by atoms with Crippen molar-refractivity contribution in [2.75, 3.05) is 6.54 Å². The molecular weight excluding hydrogens is 146 g/mol. The van der Waals surface area contributed by atoms with Crippen LogP contribution in [0, 0.1) is 0 Å². The lowest BCUT2D eigenvalue weighted by molar-refractivity contribution is 0.333. The summed E-state index contributed by atoms with van der Waals surface area (Å²) in [5.74, 6) is 0. The van der Waals surface area contributed by atoms with Gasteiger partial charge < -0.3 is 5.32 Å². The molecule has 12 heavy (non-hydrogen) atoms. The molecule has 1 aliphatic rings. The topological polar surface area (TPSA) is 12.0 Å². The molecule has 1 heteroatoms. The van der Waals surface area contributed by atoms with E-state index >= 15 is 0 Å². The van der Waals surface area contributed by atoms with Gasteiger partial charge >= 0.3 is 0 Å². The Hall–Kier alpha value is -0.0400. The average Bonchev–Trinajstić information content (AvgIpc) is 2.58. The van der Waals surface area contributed by atoms with Gasteiger partial charge in [-0.25, -0.2) is 0 Å². The summed E-state index contributed by atoms with van der Waals surface area (Å²) in [5.41, 5.74) is 0.536. The molecule has 1 rings (SSSR count). The first kappa shape index (κ1) is 12.0. The second-order valence-corrected chi connectivity index (χ2v) is 3.41. The molecule has 0 bridgehead atoms. The molecule has 1 fully saturated rings. The second-order valence-electron chi connectivity index (χ2n) is 3.41. The Balaban J connectivity index is 0.000000561. The van der Waals surface area contributed by atoms with Gasteiger partial charge in [0, 0.05) is 5.54 Å². The van der Waals surface area contributed by atoms with Crippen molar-refractivity contribution in [2.24, 2.45) is 0 Å². The zero-order valence-corrected chi connectivity index (χ0v) is 9.24. The number of hydrogen-bond acceptors (Lipinski definition) is 1. The van der Waals surface area contributed by atoms with Gasteiger partial charge in [-0.15, -0.1) is 0 Å². The van der Waals surface area contributed by atoms with E-state index in [-0.39, 0.29) is 0 Å². The van der Waals surface area contributed by atoms with Crippen LogP contribution in [-0.2, 0) is 0 Å². The predicted octanol–water partition coefficient (Wildman–Crippen LogP) is 3.34. The third-order valence-electron chi connectivity index (χ3n) is 2.74. The van der Waals surface area contributed by atoms with E-state index in [0.29, 0.717) is 5.54 Å². The standard InChI is InChI=1S/C9H19N.C2H6/c1-3-6-9(4-2)7-5-8-10-9;1-2/h10H,3-8H2,1-2H3;1-2H3. The molecule has 1 atom stereocenters. The first-order valence-electron chi connectivity index (χ1n) is 5.58. The quantitative estimate of drug-likeness (QED) is 0.686. The van der Waals surface area contributed by atoms with Gasteiger partial charge in [0.2, 0.25) is 0 Å². The fourth-order valence-corrected chi connectivity index (χ4v) is 2.04. The normalized spacial score (nSPS) is 28.0. The molecule has 1 heterocycles. The van der Waals surface area contributed by atoms with Crippen LogP contribution in [-0.4, -0.2) is 12.1 Å². The van der Waals surface area contributed by atoms with Gasteiger partial charge in [0.25, 0.3) is 0 Å². The van der Waals surface area contributed by atoms with Crippen LogP contribution in [0.1, 0.15) is 59.8 Å². The van der Waals surface area contributed by atoms with Crippen molar-refractivity contribution in [3.63, 3.8) is 0 Å². The van der Waals surface area contributed by atoms with Crippen molar-refractivity contribution in [3.8, 4) is 0 Å². The first-order valence-corrected chi connectivity index (χ1v) is 5.58. The Bertz CT molecular complexity index is 93.2. The monoisotopic (exact) mass is 171 g/mol. The third kappa shape index (κ3) is 3.14. The summed E-state index contributed by atoms with van der Waals surface area (Å²) in [6.45, 7) is 9.82. The van der Waals surface area contributed by atoms with Crippen LogP contribution in [0.4, 0.5) is 0 Å². The smallest absolute Gasteiger partial charge is 0.0179 e. The minimum Gasteiger partial charge on any atom is -0.311 e. The summed E-state index contributed by atoms with van der Waals surface area (Å²) in [4.78, 5) is 0. The zero-order valence-electron chi connectivity index (χ0n) is 9.24. The maximum absolute atomic E-state index is 3.62. The van der Waals surface area contributed by atoms with Gasteiger partial charge in [-0.3, -0.25) is 0 Å². The van der Waals surface area contributed by atoms with Gasteiger partial charge in [0.15, 0.2) is 0 Å². The van der Waals surface area contributed by atoms with Crippen molar-refractivity contribution < 1.29 is 0 Å². The fourth-order valence-electron chi connectivity index (χ4n) is 2.04. The van der Waals surface area contributed by atoms with Gasteiger partial charge in [-0.05, 0) is 32.2 Å². The Morgan fingerprint density at radius 1 is 1.25 bits per heavy atom. The van der Waals surface area contributed by atoms with E-state index < -0.39 is 0 Å². The Kier molecular flexibility index (Phi) is 6.45. The van der Waals surface area contributed by atoms with Crippen molar-refractivity contribution in [1.82, 2.24) is 5.32 Å². The molecule has 0 radical (unpaired) electrons. The lowest BCUT2D eigenvalue weighted by Crippen LogP contribution is -2.38. The maximum Gasteiger partial charge on any atom is 0.0179 e. The highest BCUT2D eigenvalue weighted by molar-refractivity contribution is 4.90. The van der Waals surface area contributed by atoms with Crippen LogP contribution in [0.15, 0.2) is 0 Å². The summed E-state index contributed by atoms with van der Waals surface area (Å²) >= 11 is 0. The number of nitrogens with one attached hydrogen (secondary N) is 1. The average molecular weight is 171 g/mol. The summed E-state index contributed by atoms with van der Waals surface area (Å²) in [5, 5.41) is 3.62. The highest BCUT2D eigenvalue weighted by Crippen LogP contribution is 2.27. The van der Waals surface area contributed by atoms with Crippen molar-refractivity contribution in [1.29, 1.82) is 0 Å². The summed E-state index contributed by atoms with van der Waals surface area (Å²) in [7, 11) is 0. The molecule has 0 aromatic carbocycles. The van der Waals surface area contributed by atoms with Gasteiger partial charge in [-0.2, -0.15) is 0 Å². The van der Waals surface area contributed by atoms with E-state index in [2.05, 4.69) is 19.2 Å². The molecule has 0 aromatic rings. The van der Waals surface area contributed by atoms with Gasteiger partial charge in [0.05, 0.1) is 0 Å². The van der Waals surface area contributed by atoms with E-state index in [9.17, 15) is 0 Å². The summed E-state index contributed by atoms with van der Waals surface area (Å²) in [6, 6.07) is 0. The van der Waals surface area contributed by atoms with Crippen LogP contribution < -0.4 is 5.32 Å². The van der Waals surface area contributed by atoms with Crippen LogP contribution in [0.5, 0.6) is 0 Å². The van der Waals surface area contributed by atoms with E-state index in [0.717, 1.165) is 0 Å². The van der Waals surface area contributed by atoms with Crippen molar-refractivity contribution in [3.05, 3.63) is 0 Å². The van der Waals surface area contributed by atoms with E-state index in [1.807, 2.05) is 13.8 Å². The zero-order chi connectivity index (χ0) is 9.45. The molecule has 0 aromatic heterocycles. The molecule has 0 aliphatic carbocycles. The van der Waals surface area contributed by atoms with Crippen LogP contribution >= 0.6 is 0 Å². The molecular formula is C11H25N. The fraction of sp³-hybridized carbons (Fsp3) is 1.00. The molecule has 1 saturated heterocycles. The SMILES string of the molecule is CC.CCCC1(CC)CCCN1. The molecule has 1 N–H and O–H groups in total. The van der Waals surface area contributed by atoms with Gasteiger partial charge in [-0.1, -0.05) is 34.1 Å². The Labute approximate surface area is 77.9 Å². The van der Waals surface area contributed by atoms with Gasteiger partial charge in [0.1, 0.15) is 0 Å². The highest BCUT2D eigenvalue weighted by atomic mass is 15.0. The largest absolute Gasteiger partial charge is 0.311 e. The Morgan fingerprint density at radius 2 is 1.92 bits per heavy atom. The molecule has 1 unspecified atom stereocenters. The Morgan fingerprint density at radius 3 is 2.25 bits per heavy atom. The number of hydrogen-bond donors (Lipinski definition) is 1. The lowest BCUT2D eigenvalue weighted by Gasteiger charge is -2.27. The van der Waals surface area contributed by atoms with E-state index in [1.54, 1.807) is 0 Å². The lowest BCUT2D eigenvalue weighted by atomic mass is 9.89. The predicted molar refractivity (Wildman–Crippen MR) is 56.5 cm³/mol. The molecule has 0 saturated carbocycles. The second kappa shape index (κ2) is 6.47. The maximum atomic E-state index is 3.62. The number of rotatable bonds is 3. The van der Waals surface area contributed by atoms with E-state index in [4.69, 9.17) is 0 Å². The van der Waals surface area contributed by atoms with Crippen molar-refractivity contribution in [2.45, 2.75) is 65.3 Å². The molecule has 1 nitrogen and oxygen atoms in total. The van der Waals surface area contributed by atoms with Crippen molar-refractivity contribution >= 4 is 0 Å².